The fourth-order valence-corrected chi connectivity index (χ4v) is 1.91. The molecule has 1 N–H and O–H groups in total. The van der Waals surface area contributed by atoms with Crippen molar-refractivity contribution in [3.8, 4) is 5.75 Å². The lowest BCUT2D eigenvalue weighted by molar-refractivity contribution is 0.0767. The molecule has 0 heterocycles. The van der Waals surface area contributed by atoms with Crippen molar-refractivity contribution in [2.75, 3.05) is 20.2 Å². The summed E-state index contributed by atoms with van der Waals surface area (Å²) in [5, 5.41) is 8.83. The molecule has 0 aliphatic carbocycles. The molecule has 0 aromatic heterocycles. The molecule has 0 saturated carbocycles. The van der Waals surface area contributed by atoms with Crippen LogP contribution < -0.4 is 4.74 Å². The van der Waals surface area contributed by atoms with Gasteiger partial charge in [-0.3, -0.25) is 4.79 Å². The molecular weight excluding hydrogens is 285 g/mol. The van der Waals surface area contributed by atoms with Gasteiger partial charge in [0.2, 0.25) is 0 Å². The maximum atomic E-state index is 12.8. The van der Waals surface area contributed by atoms with E-state index in [4.69, 9.17) is 9.84 Å². The van der Waals surface area contributed by atoms with E-state index in [0.717, 1.165) is 5.56 Å². The first-order chi connectivity index (χ1) is 10.6. The number of rotatable bonds is 6. The predicted octanol–water partition coefficient (Wildman–Crippen LogP) is 2.47. The van der Waals surface area contributed by atoms with Crippen molar-refractivity contribution < 1.29 is 19.0 Å². The number of nitrogens with zero attached hydrogens (tertiary/aromatic N) is 1. The Kier molecular flexibility index (Phi) is 5.49. The zero-order valence-electron chi connectivity index (χ0n) is 12.3. The van der Waals surface area contributed by atoms with E-state index in [1.54, 1.807) is 43.4 Å². The van der Waals surface area contributed by atoms with Gasteiger partial charge in [0.25, 0.3) is 5.91 Å². The van der Waals surface area contributed by atoms with Gasteiger partial charge in [0.15, 0.2) is 0 Å². The van der Waals surface area contributed by atoms with Crippen LogP contribution in [0.4, 0.5) is 4.39 Å². The molecule has 0 unspecified atom stereocenters. The summed E-state index contributed by atoms with van der Waals surface area (Å²) in [6.45, 7) is 0.556. The minimum atomic E-state index is -0.279. The third-order valence-corrected chi connectivity index (χ3v) is 3.20. The number of likely N-dealkylation sites (N-methyl/N-ethyl adjacent to an activating group) is 1. The largest absolute Gasteiger partial charge is 0.489 e. The highest BCUT2D eigenvalue weighted by molar-refractivity contribution is 5.94. The summed E-state index contributed by atoms with van der Waals surface area (Å²) in [6.07, 6.45) is 0. The maximum Gasteiger partial charge on any atom is 0.253 e. The van der Waals surface area contributed by atoms with E-state index in [1.807, 2.05) is 0 Å². The minimum absolute atomic E-state index is 0.0683. The Hall–Kier alpha value is -2.40. The summed E-state index contributed by atoms with van der Waals surface area (Å²) < 4.78 is 18.4. The maximum absolute atomic E-state index is 12.8. The lowest BCUT2D eigenvalue weighted by Crippen LogP contribution is -2.29. The average Bonchev–Trinajstić information content (AvgIpc) is 2.54. The van der Waals surface area contributed by atoms with E-state index in [2.05, 4.69) is 0 Å². The van der Waals surface area contributed by atoms with E-state index in [1.165, 1.54) is 17.0 Å². The van der Waals surface area contributed by atoms with Crippen LogP contribution in [-0.2, 0) is 6.61 Å². The number of ether oxygens (including phenoxy) is 1. The van der Waals surface area contributed by atoms with E-state index >= 15 is 0 Å². The van der Waals surface area contributed by atoms with Crippen molar-refractivity contribution >= 4 is 5.91 Å². The lowest BCUT2D eigenvalue weighted by Gasteiger charge is -2.15. The molecule has 0 radical (unpaired) electrons. The van der Waals surface area contributed by atoms with Crippen molar-refractivity contribution in [2.45, 2.75) is 6.61 Å². The number of carbonyl (C=O) groups is 1. The number of amides is 1. The highest BCUT2D eigenvalue weighted by atomic mass is 19.1. The summed E-state index contributed by atoms with van der Waals surface area (Å²) in [6, 6.07) is 12.9. The van der Waals surface area contributed by atoms with E-state index in [9.17, 15) is 9.18 Å². The molecule has 22 heavy (non-hydrogen) atoms. The summed E-state index contributed by atoms with van der Waals surface area (Å²) in [5.74, 6) is 0.198. The highest BCUT2D eigenvalue weighted by Crippen LogP contribution is 2.15. The van der Waals surface area contributed by atoms with E-state index in [-0.39, 0.29) is 18.3 Å². The molecule has 0 spiro atoms. The van der Waals surface area contributed by atoms with E-state index in [0.29, 0.717) is 24.5 Å². The van der Waals surface area contributed by atoms with Crippen LogP contribution in [0.3, 0.4) is 0 Å². The van der Waals surface area contributed by atoms with Crippen LogP contribution in [0.5, 0.6) is 5.75 Å². The summed E-state index contributed by atoms with van der Waals surface area (Å²) in [4.78, 5) is 13.4. The molecule has 2 rings (SSSR count). The summed E-state index contributed by atoms with van der Waals surface area (Å²) >= 11 is 0. The van der Waals surface area contributed by atoms with Gasteiger partial charge in [-0.15, -0.1) is 0 Å². The van der Waals surface area contributed by atoms with E-state index < -0.39 is 0 Å². The zero-order chi connectivity index (χ0) is 15.9. The Labute approximate surface area is 128 Å². The van der Waals surface area contributed by atoms with Gasteiger partial charge in [-0.2, -0.15) is 0 Å². The van der Waals surface area contributed by atoms with Gasteiger partial charge in [-0.1, -0.05) is 12.1 Å². The Bertz CT molecular complexity index is 611. The molecule has 5 heteroatoms. The third-order valence-electron chi connectivity index (χ3n) is 3.20. The molecule has 0 bridgehead atoms. The molecule has 0 fully saturated rings. The van der Waals surface area contributed by atoms with Crippen LogP contribution in [0.15, 0.2) is 48.5 Å². The molecule has 1 amide bonds. The van der Waals surface area contributed by atoms with Crippen LogP contribution in [0.2, 0.25) is 0 Å². The number of aliphatic hydroxyl groups is 1. The second-order valence-corrected chi connectivity index (χ2v) is 4.89. The standard InChI is InChI=1S/C17H18FNO3/c1-19(10-11-20)17(21)14-4-8-16(9-5-14)22-12-13-2-6-15(18)7-3-13/h2-9,20H,10-12H2,1H3. The second-order valence-electron chi connectivity index (χ2n) is 4.89. The van der Waals surface area contributed by atoms with Gasteiger partial charge in [-0.25, -0.2) is 4.39 Å². The Morgan fingerprint density at radius 2 is 1.77 bits per heavy atom. The zero-order valence-corrected chi connectivity index (χ0v) is 12.3. The SMILES string of the molecule is CN(CCO)C(=O)c1ccc(OCc2ccc(F)cc2)cc1. The van der Waals surface area contributed by atoms with Crippen LogP contribution in [-0.4, -0.2) is 36.1 Å². The normalized spacial score (nSPS) is 10.3. The van der Waals surface area contributed by atoms with Crippen molar-refractivity contribution in [1.82, 2.24) is 4.90 Å². The average molecular weight is 303 g/mol. The smallest absolute Gasteiger partial charge is 0.253 e. The van der Waals surface area contributed by atoms with Gasteiger partial charge >= 0.3 is 0 Å². The Balaban J connectivity index is 1.94. The monoisotopic (exact) mass is 303 g/mol. The number of halogens is 1. The molecule has 0 aliphatic rings. The fourth-order valence-electron chi connectivity index (χ4n) is 1.91. The van der Waals surface area contributed by atoms with Gasteiger partial charge in [0.1, 0.15) is 18.2 Å². The quantitative estimate of drug-likeness (QED) is 0.892. The second kappa shape index (κ2) is 7.56. The third kappa shape index (κ3) is 4.30. The molecule has 116 valence electrons. The van der Waals surface area contributed by atoms with Gasteiger partial charge < -0.3 is 14.7 Å². The van der Waals surface area contributed by atoms with Crippen LogP contribution in [0, 0.1) is 5.82 Å². The summed E-state index contributed by atoms with van der Waals surface area (Å²) in [7, 11) is 1.64. The molecule has 2 aromatic carbocycles. The van der Waals surface area contributed by atoms with Crippen molar-refractivity contribution in [3.05, 3.63) is 65.5 Å². The van der Waals surface area contributed by atoms with Gasteiger partial charge in [0.05, 0.1) is 6.61 Å². The fraction of sp³-hybridized carbons (Fsp3) is 0.235. The Morgan fingerprint density at radius 3 is 2.36 bits per heavy atom. The van der Waals surface area contributed by atoms with Crippen molar-refractivity contribution in [2.24, 2.45) is 0 Å². The topological polar surface area (TPSA) is 49.8 Å². The first kappa shape index (κ1) is 16.0. The van der Waals surface area contributed by atoms with Crippen LogP contribution in [0.25, 0.3) is 0 Å². The number of carbonyl (C=O) groups excluding carboxylic acids is 1. The van der Waals surface area contributed by atoms with Crippen LogP contribution in [0.1, 0.15) is 15.9 Å². The molecule has 0 saturated heterocycles. The first-order valence-corrected chi connectivity index (χ1v) is 6.94. The van der Waals surface area contributed by atoms with Crippen molar-refractivity contribution in [3.63, 3.8) is 0 Å². The Morgan fingerprint density at radius 1 is 1.14 bits per heavy atom. The van der Waals surface area contributed by atoms with Crippen LogP contribution >= 0.6 is 0 Å². The van der Waals surface area contributed by atoms with Crippen molar-refractivity contribution in [1.29, 1.82) is 0 Å². The molecular formula is C17H18FNO3. The molecule has 2 aromatic rings. The molecule has 0 atom stereocenters. The molecule has 0 aliphatic heterocycles. The number of hydrogen-bond acceptors (Lipinski definition) is 3. The van der Waals surface area contributed by atoms with Gasteiger partial charge in [-0.05, 0) is 42.0 Å². The lowest BCUT2D eigenvalue weighted by atomic mass is 10.2. The first-order valence-electron chi connectivity index (χ1n) is 6.94. The highest BCUT2D eigenvalue weighted by Gasteiger charge is 2.10. The van der Waals surface area contributed by atoms with Gasteiger partial charge in [0, 0.05) is 19.2 Å². The minimum Gasteiger partial charge on any atom is -0.489 e. The number of hydrogen-bond donors (Lipinski definition) is 1. The number of benzene rings is 2. The summed E-state index contributed by atoms with van der Waals surface area (Å²) in [5.41, 5.74) is 1.40. The number of aliphatic hydroxyl groups excluding tert-OH is 1. The molecule has 4 nitrogen and oxygen atoms in total. The predicted molar refractivity (Wildman–Crippen MR) is 81.2 cm³/mol.